The molecule has 186 valence electrons. The lowest BCUT2D eigenvalue weighted by atomic mass is 10.1. The van der Waals surface area contributed by atoms with E-state index in [1.165, 1.54) is 0 Å². The Morgan fingerprint density at radius 3 is 2.66 bits per heavy atom. The minimum Gasteiger partial charge on any atom is -0.337 e. The van der Waals surface area contributed by atoms with Crippen LogP contribution in [-0.4, -0.2) is 41.0 Å². The van der Waals surface area contributed by atoms with Gasteiger partial charge in [-0.3, -0.25) is 19.9 Å². The number of imidazole rings is 1. The van der Waals surface area contributed by atoms with Crippen molar-refractivity contribution in [3.8, 4) is 33.8 Å². The number of aromatic amines is 2. The fraction of sp³-hybridized carbons (Fsp3) is 0.172. The standard InChI is InChI=1S/C29H24N8O/c38-29(17-5-1-2-6-17)33-21-11-19(14-31-16-21)20-12-23-26(36-37-27(23)32-15-20)28-34-24-9-3-8-22(25(24)35-28)18-7-4-10-30-13-18/h3-4,7-17H,1-2,5-6H2,(H,33,38)(H,34,35)(H,32,36,37). The maximum Gasteiger partial charge on any atom is 0.227 e. The third-order valence-corrected chi connectivity index (χ3v) is 7.19. The molecule has 1 aliphatic rings. The zero-order valence-electron chi connectivity index (χ0n) is 20.5. The number of nitrogens with one attached hydrogen (secondary N) is 3. The summed E-state index contributed by atoms with van der Waals surface area (Å²) in [6, 6.07) is 13.9. The second kappa shape index (κ2) is 9.19. The van der Waals surface area contributed by atoms with Gasteiger partial charge in [0.15, 0.2) is 11.5 Å². The molecule has 5 heterocycles. The first-order chi connectivity index (χ1) is 18.7. The lowest BCUT2D eigenvalue weighted by molar-refractivity contribution is -0.119. The molecule has 38 heavy (non-hydrogen) atoms. The number of para-hydroxylation sites is 1. The van der Waals surface area contributed by atoms with Crippen molar-refractivity contribution in [1.82, 2.24) is 35.1 Å². The highest BCUT2D eigenvalue weighted by Crippen LogP contribution is 2.33. The average molecular weight is 501 g/mol. The Kier molecular flexibility index (Phi) is 5.39. The Bertz CT molecular complexity index is 1780. The zero-order chi connectivity index (χ0) is 25.5. The van der Waals surface area contributed by atoms with Crippen molar-refractivity contribution in [3.63, 3.8) is 0 Å². The minimum atomic E-state index is 0.0719. The summed E-state index contributed by atoms with van der Waals surface area (Å²) in [5.41, 5.74) is 7.53. The van der Waals surface area contributed by atoms with Gasteiger partial charge in [-0.1, -0.05) is 31.0 Å². The predicted octanol–water partition coefficient (Wildman–Crippen LogP) is 5.75. The number of anilines is 1. The molecule has 0 spiro atoms. The quantitative estimate of drug-likeness (QED) is 0.277. The van der Waals surface area contributed by atoms with E-state index in [-0.39, 0.29) is 11.8 Å². The second-order valence-electron chi connectivity index (χ2n) is 9.65. The van der Waals surface area contributed by atoms with Crippen LogP contribution >= 0.6 is 0 Å². The Hall–Kier alpha value is -4.92. The molecular formula is C29H24N8O. The normalized spacial score (nSPS) is 13.9. The highest BCUT2D eigenvalue weighted by Gasteiger charge is 2.23. The van der Waals surface area contributed by atoms with Crippen LogP contribution in [0.2, 0.25) is 0 Å². The summed E-state index contributed by atoms with van der Waals surface area (Å²) in [7, 11) is 0. The van der Waals surface area contributed by atoms with Crippen LogP contribution in [0.3, 0.4) is 0 Å². The van der Waals surface area contributed by atoms with Crippen LogP contribution in [0.5, 0.6) is 0 Å². The van der Waals surface area contributed by atoms with E-state index in [4.69, 9.17) is 4.98 Å². The van der Waals surface area contributed by atoms with Crippen LogP contribution in [0.4, 0.5) is 5.69 Å². The number of pyridine rings is 3. The Balaban J connectivity index is 1.25. The molecule has 9 heteroatoms. The largest absolute Gasteiger partial charge is 0.337 e. The molecule has 5 aromatic heterocycles. The number of carbonyl (C=O) groups is 1. The van der Waals surface area contributed by atoms with Crippen LogP contribution in [0, 0.1) is 5.92 Å². The van der Waals surface area contributed by atoms with Gasteiger partial charge in [0.1, 0.15) is 5.69 Å². The van der Waals surface area contributed by atoms with Gasteiger partial charge in [-0.05, 0) is 37.1 Å². The number of rotatable bonds is 5. The first-order valence-corrected chi connectivity index (χ1v) is 12.7. The Morgan fingerprint density at radius 2 is 1.79 bits per heavy atom. The fourth-order valence-electron chi connectivity index (χ4n) is 5.24. The molecule has 1 fully saturated rings. The van der Waals surface area contributed by atoms with E-state index in [2.05, 4.69) is 35.5 Å². The number of amides is 1. The van der Waals surface area contributed by atoms with Crippen LogP contribution in [0.15, 0.2) is 73.4 Å². The molecule has 0 unspecified atom stereocenters. The van der Waals surface area contributed by atoms with Crippen LogP contribution in [-0.2, 0) is 4.79 Å². The lowest BCUT2D eigenvalue weighted by Crippen LogP contribution is -2.20. The first-order valence-electron chi connectivity index (χ1n) is 12.7. The van der Waals surface area contributed by atoms with Crippen LogP contribution < -0.4 is 5.32 Å². The molecule has 1 aliphatic carbocycles. The molecule has 1 amide bonds. The van der Waals surface area contributed by atoms with Crippen LogP contribution in [0.25, 0.3) is 55.8 Å². The van der Waals surface area contributed by atoms with Gasteiger partial charge in [0.05, 0.1) is 28.3 Å². The number of hydrogen-bond donors (Lipinski definition) is 3. The molecule has 7 rings (SSSR count). The number of H-pyrrole nitrogens is 2. The van der Waals surface area contributed by atoms with E-state index in [0.717, 1.165) is 64.4 Å². The molecule has 0 atom stereocenters. The summed E-state index contributed by atoms with van der Waals surface area (Å²) >= 11 is 0. The third-order valence-electron chi connectivity index (χ3n) is 7.19. The van der Waals surface area contributed by atoms with Crippen molar-refractivity contribution in [2.75, 3.05) is 5.32 Å². The SMILES string of the molecule is O=C(Nc1cncc(-c2cnc3[nH]nc(-c4nc5c(-c6cccnc6)cccc5[nH]4)c3c2)c1)C1CCCC1. The maximum absolute atomic E-state index is 12.6. The molecule has 9 nitrogen and oxygen atoms in total. The van der Waals surface area contributed by atoms with Gasteiger partial charge in [0.25, 0.3) is 0 Å². The maximum atomic E-state index is 12.6. The molecule has 0 bridgehead atoms. The van der Waals surface area contributed by atoms with Gasteiger partial charge >= 0.3 is 0 Å². The molecule has 3 N–H and O–H groups in total. The van der Waals surface area contributed by atoms with E-state index >= 15 is 0 Å². The summed E-state index contributed by atoms with van der Waals surface area (Å²) in [4.78, 5) is 34.2. The molecule has 0 aliphatic heterocycles. The molecular weight excluding hydrogens is 476 g/mol. The van der Waals surface area contributed by atoms with Crippen molar-refractivity contribution >= 4 is 33.7 Å². The Labute approximate surface area is 217 Å². The zero-order valence-corrected chi connectivity index (χ0v) is 20.5. The molecule has 1 aromatic carbocycles. The van der Waals surface area contributed by atoms with Crippen molar-refractivity contribution in [2.45, 2.75) is 25.7 Å². The fourth-order valence-corrected chi connectivity index (χ4v) is 5.24. The third kappa shape index (κ3) is 3.98. The number of aromatic nitrogens is 7. The topological polar surface area (TPSA) is 125 Å². The van der Waals surface area contributed by atoms with E-state index in [1.54, 1.807) is 24.8 Å². The second-order valence-corrected chi connectivity index (χ2v) is 9.65. The van der Waals surface area contributed by atoms with E-state index in [1.807, 2.05) is 48.7 Å². The summed E-state index contributed by atoms with van der Waals surface area (Å²) < 4.78 is 0. The highest BCUT2D eigenvalue weighted by molar-refractivity contribution is 5.97. The minimum absolute atomic E-state index is 0.0719. The van der Waals surface area contributed by atoms with Crippen molar-refractivity contribution in [3.05, 3.63) is 73.4 Å². The van der Waals surface area contributed by atoms with Gasteiger partial charge in [0.2, 0.25) is 5.91 Å². The van der Waals surface area contributed by atoms with Crippen molar-refractivity contribution in [2.24, 2.45) is 5.92 Å². The molecule has 6 aromatic rings. The van der Waals surface area contributed by atoms with E-state index in [9.17, 15) is 4.79 Å². The predicted molar refractivity (Wildman–Crippen MR) is 146 cm³/mol. The summed E-state index contributed by atoms with van der Waals surface area (Å²) in [5, 5.41) is 11.4. The molecule has 0 radical (unpaired) electrons. The van der Waals surface area contributed by atoms with E-state index in [0.29, 0.717) is 22.9 Å². The number of carbonyl (C=O) groups excluding carboxylic acids is 1. The highest BCUT2D eigenvalue weighted by atomic mass is 16.1. The number of benzene rings is 1. The van der Waals surface area contributed by atoms with Crippen molar-refractivity contribution in [1.29, 1.82) is 0 Å². The van der Waals surface area contributed by atoms with Gasteiger partial charge < -0.3 is 10.3 Å². The smallest absolute Gasteiger partial charge is 0.227 e. The molecule has 1 saturated carbocycles. The number of fused-ring (bicyclic) bond motifs is 2. The molecule has 0 saturated heterocycles. The van der Waals surface area contributed by atoms with Gasteiger partial charge in [0, 0.05) is 53.0 Å². The average Bonchev–Trinajstić information content (AvgIpc) is 3.73. The van der Waals surface area contributed by atoms with Gasteiger partial charge in [-0.2, -0.15) is 5.10 Å². The van der Waals surface area contributed by atoms with E-state index < -0.39 is 0 Å². The summed E-state index contributed by atoms with van der Waals surface area (Å²) in [5.74, 6) is 0.813. The lowest BCUT2D eigenvalue weighted by Gasteiger charge is -2.11. The van der Waals surface area contributed by atoms with Crippen LogP contribution in [0.1, 0.15) is 25.7 Å². The van der Waals surface area contributed by atoms with Crippen molar-refractivity contribution < 1.29 is 4.79 Å². The summed E-state index contributed by atoms with van der Waals surface area (Å²) in [6.07, 6.45) is 13.0. The monoisotopic (exact) mass is 500 g/mol. The number of nitrogens with zero attached hydrogens (tertiary/aromatic N) is 5. The van der Waals surface area contributed by atoms with Gasteiger partial charge in [-0.15, -0.1) is 0 Å². The number of hydrogen-bond acceptors (Lipinski definition) is 6. The summed E-state index contributed by atoms with van der Waals surface area (Å²) in [6.45, 7) is 0. The van der Waals surface area contributed by atoms with Gasteiger partial charge in [-0.25, -0.2) is 9.97 Å². The Morgan fingerprint density at radius 1 is 0.921 bits per heavy atom. The first kappa shape index (κ1) is 22.3.